The Labute approximate surface area is 181 Å². The van der Waals surface area contributed by atoms with E-state index in [-0.39, 0.29) is 30.0 Å². The fraction of sp³-hybridized carbons (Fsp3) is 0.318. The van der Waals surface area contributed by atoms with Crippen molar-refractivity contribution in [1.29, 1.82) is 0 Å². The summed E-state index contributed by atoms with van der Waals surface area (Å²) in [6, 6.07) is 13.5. The normalized spacial score (nSPS) is 19.4. The number of hydrogen-bond acceptors (Lipinski definition) is 5. The largest absolute Gasteiger partial charge is 0.445 e. The topological polar surface area (TPSA) is 83.6 Å². The van der Waals surface area contributed by atoms with Crippen molar-refractivity contribution >= 4 is 21.6 Å². The maximum absolute atomic E-state index is 13.5. The molecule has 6 nitrogen and oxygen atoms in total. The minimum absolute atomic E-state index is 0.0274. The van der Waals surface area contributed by atoms with Crippen LogP contribution in [0.4, 0.5) is 0 Å². The Balaban J connectivity index is 1.66. The van der Waals surface area contributed by atoms with Crippen LogP contribution in [0, 0.1) is 5.92 Å². The van der Waals surface area contributed by atoms with Crippen molar-refractivity contribution in [3.63, 3.8) is 0 Å². The first-order valence-corrected chi connectivity index (χ1v) is 11.7. The van der Waals surface area contributed by atoms with Crippen LogP contribution in [0.25, 0.3) is 11.5 Å². The maximum Gasteiger partial charge on any atom is 0.243 e. The number of oxazole rings is 1. The number of aromatic nitrogens is 1. The van der Waals surface area contributed by atoms with Crippen LogP contribution in [0.5, 0.6) is 0 Å². The van der Waals surface area contributed by atoms with Gasteiger partial charge in [-0.05, 0) is 60.7 Å². The highest BCUT2D eigenvalue weighted by molar-refractivity contribution is 7.89. The Hall–Kier alpha value is -2.19. The van der Waals surface area contributed by atoms with Crippen LogP contribution in [-0.4, -0.2) is 35.5 Å². The lowest BCUT2D eigenvalue weighted by atomic mass is 10.0. The molecule has 1 fully saturated rings. The molecule has 1 aromatic heterocycles. The molecule has 0 spiro atoms. The molecule has 1 aliphatic carbocycles. The molecule has 4 rings (SSSR count). The van der Waals surface area contributed by atoms with Gasteiger partial charge in [0, 0.05) is 29.8 Å². The SMILES string of the molecule is O=S(=O)(c1ccc(Cl)cc1)N(Cc1ccc(-c2ncco2)cc1)[C@@H]1CCC[C@@H]1CO. The van der Waals surface area contributed by atoms with E-state index in [0.29, 0.717) is 10.9 Å². The highest BCUT2D eigenvalue weighted by atomic mass is 35.5. The highest BCUT2D eigenvalue weighted by Crippen LogP contribution is 2.35. The second-order valence-electron chi connectivity index (χ2n) is 7.48. The van der Waals surface area contributed by atoms with Crippen molar-refractivity contribution in [2.45, 2.75) is 36.7 Å². The third-order valence-corrected chi connectivity index (χ3v) is 7.75. The quantitative estimate of drug-likeness (QED) is 0.583. The Morgan fingerprint density at radius 3 is 2.47 bits per heavy atom. The Morgan fingerprint density at radius 2 is 1.83 bits per heavy atom. The Kier molecular flexibility index (Phi) is 6.24. The van der Waals surface area contributed by atoms with Crippen molar-refractivity contribution in [3.05, 3.63) is 71.6 Å². The smallest absolute Gasteiger partial charge is 0.243 e. The summed E-state index contributed by atoms with van der Waals surface area (Å²) in [6.07, 6.45) is 5.53. The molecule has 0 unspecified atom stereocenters. The number of aliphatic hydroxyl groups is 1. The molecule has 0 aliphatic heterocycles. The van der Waals surface area contributed by atoms with Gasteiger partial charge in [-0.2, -0.15) is 4.31 Å². The molecular formula is C22H23ClN2O4S. The van der Waals surface area contributed by atoms with E-state index < -0.39 is 10.0 Å². The first kappa shape index (κ1) is 21.1. The van der Waals surface area contributed by atoms with E-state index in [1.54, 1.807) is 18.3 Å². The summed E-state index contributed by atoms with van der Waals surface area (Å²) in [4.78, 5) is 4.34. The standard InChI is InChI=1S/C22H23ClN2O4S/c23-19-8-10-20(11-9-19)30(27,28)25(21-3-1-2-18(21)15-26)14-16-4-6-17(7-5-16)22-24-12-13-29-22/h4-13,18,21,26H,1-3,14-15H2/t18-,21-/m1/s1. The van der Waals surface area contributed by atoms with Gasteiger partial charge in [0.15, 0.2) is 0 Å². The maximum atomic E-state index is 13.5. The lowest BCUT2D eigenvalue weighted by Gasteiger charge is -2.32. The molecule has 3 aromatic rings. The number of nitrogens with zero attached hydrogens (tertiary/aromatic N) is 2. The summed E-state index contributed by atoms with van der Waals surface area (Å²) in [7, 11) is -3.76. The fourth-order valence-electron chi connectivity index (χ4n) is 4.03. The minimum atomic E-state index is -3.76. The molecule has 0 bridgehead atoms. The van der Waals surface area contributed by atoms with Gasteiger partial charge in [0.2, 0.25) is 15.9 Å². The Morgan fingerprint density at radius 1 is 1.10 bits per heavy atom. The average molecular weight is 447 g/mol. The third-order valence-electron chi connectivity index (χ3n) is 5.62. The van der Waals surface area contributed by atoms with Crippen LogP contribution in [-0.2, 0) is 16.6 Å². The number of sulfonamides is 1. The van der Waals surface area contributed by atoms with E-state index in [4.69, 9.17) is 16.0 Å². The first-order valence-electron chi connectivity index (χ1n) is 9.86. The van der Waals surface area contributed by atoms with Crippen molar-refractivity contribution in [2.24, 2.45) is 5.92 Å². The van der Waals surface area contributed by atoms with E-state index in [9.17, 15) is 13.5 Å². The third kappa shape index (κ3) is 4.30. The van der Waals surface area contributed by atoms with Crippen molar-refractivity contribution in [3.8, 4) is 11.5 Å². The molecule has 2 aromatic carbocycles. The summed E-state index contributed by atoms with van der Waals surface area (Å²) in [6.45, 7) is 0.193. The zero-order valence-corrected chi connectivity index (χ0v) is 17.9. The van der Waals surface area contributed by atoms with E-state index in [1.165, 1.54) is 22.7 Å². The van der Waals surface area contributed by atoms with Gasteiger partial charge in [-0.15, -0.1) is 0 Å². The van der Waals surface area contributed by atoms with Crippen LogP contribution < -0.4 is 0 Å². The monoisotopic (exact) mass is 446 g/mol. The van der Waals surface area contributed by atoms with Gasteiger partial charge in [0.05, 0.1) is 11.1 Å². The summed E-state index contributed by atoms with van der Waals surface area (Å²) in [5.74, 6) is 0.446. The number of rotatable bonds is 7. The van der Waals surface area contributed by atoms with Crippen molar-refractivity contribution < 1.29 is 17.9 Å². The molecule has 158 valence electrons. The molecular weight excluding hydrogens is 424 g/mol. The number of hydrogen-bond donors (Lipinski definition) is 1. The summed E-state index contributed by atoms with van der Waals surface area (Å²) in [5, 5.41) is 10.3. The van der Waals surface area contributed by atoms with Crippen LogP contribution in [0.3, 0.4) is 0 Å². The number of benzene rings is 2. The lowest BCUT2D eigenvalue weighted by molar-refractivity contribution is 0.166. The van der Waals surface area contributed by atoms with Gasteiger partial charge in [-0.3, -0.25) is 0 Å². The van der Waals surface area contributed by atoms with Gasteiger partial charge < -0.3 is 9.52 Å². The van der Waals surface area contributed by atoms with Crippen molar-refractivity contribution in [2.75, 3.05) is 6.61 Å². The second kappa shape index (κ2) is 8.89. The van der Waals surface area contributed by atoms with Gasteiger partial charge in [-0.1, -0.05) is 30.2 Å². The van der Waals surface area contributed by atoms with Gasteiger partial charge in [0.25, 0.3) is 0 Å². The minimum Gasteiger partial charge on any atom is -0.445 e. The van der Waals surface area contributed by atoms with Gasteiger partial charge in [0.1, 0.15) is 6.26 Å². The highest BCUT2D eigenvalue weighted by Gasteiger charge is 2.38. The van der Waals surface area contributed by atoms with Crippen LogP contribution in [0.1, 0.15) is 24.8 Å². The molecule has 1 heterocycles. The van der Waals surface area contributed by atoms with E-state index in [1.807, 2.05) is 24.3 Å². The van der Waals surface area contributed by atoms with E-state index in [0.717, 1.165) is 30.4 Å². The molecule has 1 aliphatic rings. The first-order chi connectivity index (χ1) is 14.5. The molecule has 2 atom stereocenters. The van der Waals surface area contributed by atoms with Gasteiger partial charge >= 0.3 is 0 Å². The summed E-state index contributed by atoms with van der Waals surface area (Å²) >= 11 is 5.95. The molecule has 0 amide bonds. The lowest BCUT2D eigenvalue weighted by Crippen LogP contribution is -2.42. The zero-order chi connectivity index (χ0) is 21.1. The molecule has 0 saturated heterocycles. The molecule has 8 heteroatoms. The number of halogens is 1. The van der Waals surface area contributed by atoms with E-state index >= 15 is 0 Å². The van der Waals surface area contributed by atoms with Gasteiger partial charge in [-0.25, -0.2) is 13.4 Å². The molecule has 1 N–H and O–H groups in total. The number of aliphatic hydroxyl groups excluding tert-OH is 1. The zero-order valence-electron chi connectivity index (χ0n) is 16.3. The summed E-state index contributed by atoms with van der Waals surface area (Å²) < 4.78 is 33.9. The van der Waals surface area contributed by atoms with Crippen LogP contribution in [0.15, 0.2) is 70.3 Å². The fourth-order valence-corrected chi connectivity index (χ4v) is 5.86. The van der Waals surface area contributed by atoms with Crippen molar-refractivity contribution in [1.82, 2.24) is 9.29 Å². The van der Waals surface area contributed by atoms with E-state index in [2.05, 4.69) is 4.98 Å². The van der Waals surface area contributed by atoms with Crippen LogP contribution >= 0.6 is 11.6 Å². The second-order valence-corrected chi connectivity index (χ2v) is 9.81. The molecule has 30 heavy (non-hydrogen) atoms. The summed E-state index contributed by atoms with van der Waals surface area (Å²) in [5.41, 5.74) is 1.68. The molecule has 1 saturated carbocycles. The average Bonchev–Trinajstić information content (AvgIpc) is 3.44. The molecule has 0 radical (unpaired) electrons. The Bertz CT molecular complexity index is 1070. The predicted molar refractivity (Wildman–Crippen MR) is 114 cm³/mol. The predicted octanol–water partition coefficient (Wildman–Crippen LogP) is 4.35. The van der Waals surface area contributed by atoms with Crippen LogP contribution in [0.2, 0.25) is 5.02 Å².